The van der Waals surface area contributed by atoms with Crippen LogP contribution in [0.4, 0.5) is 22.4 Å². The van der Waals surface area contributed by atoms with E-state index in [0.29, 0.717) is 0 Å². The molecular weight excluding hydrogens is 272 g/mol. The summed E-state index contributed by atoms with van der Waals surface area (Å²) in [5.74, 6) is -5.80. The molecule has 2 N–H and O–H groups in total. The van der Waals surface area contributed by atoms with E-state index in [1.807, 2.05) is 0 Å². The fraction of sp³-hybridized carbons (Fsp3) is 0.800. The van der Waals surface area contributed by atoms with Crippen LogP contribution in [0.3, 0.4) is 0 Å². The van der Waals surface area contributed by atoms with Crippen molar-refractivity contribution in [2.45, 2.75) is 25.2 Å². The van der Waals surface area contributed by atoms with Crippen molar-refractivity contribution in [2.75, 3.05) is 19.6 Å². The first-order valence-electron chi connectivity index (χ1n) is 5.65. The van der Waals surface area contributed by atoms with Crippen LogP contribution >= 0.6 is 0 Å². The van der Waals surface area contributed by atoms with Gasteiger partial charge in [-0.1, -0.05) is 0 Å². The molecule has 0 spiro atoms. The fourth-order valence-electron chi connectivity index (χ4n) is 1.71. The Labute approximate surface area is 106 Å². The molecule has 0 aromatic heterocycles. The van der Waals surface area contributed by atoms with Gasteiger partial charge in [0.2, 0.25) is 0 Å². The lowest BCUT2D eigenvalue weighted by Crippen LogP contribution is -2.49. The fourth-order valence-corrected chi connectivity index (χ4v) is 1.71. The van der Waals surface area contributed by atoms with Crippen molar-refractivity contribution >= 4 is 12.0 Å². The summed E-state index contributed by atoms with van der Waals surface area (Å²) in [4.78, 5) is 23.2. The number of urea groups is 1. The summed E-state index contributed by atoms with van der Waals surface area (Å²) in [6.07, 6.45) is -3.41. The largest absolute Gasteiger partial charge is 0.481 e. The number of piperidine rings is 1. The van der Waals surface area contributed by atoms with Gasteiger partial charge in [-0.15, -0.1) is 0 Å². The molecule has 0 aromatic rings. The van der Waals surface area contributed by atoms with Crippen LogP contribution in [0.5, 0.6) is 0 Å². The Balaban J connectivity index is 2.38. The van der Waals surface area contributed by atoms with Crippen LogP contribution in [-0.2, 0) is 4.79 Å². The number of halogens is 4. The van der Waals surface area contributed by atoms with Gasteiger partial charge in [-0.25, -0.2) is 13.6 Å². The van der Waals surface area contributed by atoms with Crippen LogP contribution in [0, 0.1) is 5.92 Å². The van der Waals surface area contributed by atoms with E-state index in [1.165, 1.54) is 0 Å². The van der Waals surface area contributed by atoms with Crippen LogP contribution in [0.2, 0.25) is 0 Å². The maximum atomic E-state index is 12.6. The predicted octanol–water partition coefficient (Wildman–Crippen LogP) is 1.39. The monoisotopic (exact) mass is 286 g/mol. The van der Waals surface area contributed by atoms with Crippen LogP contribution in [-0.4, -0.2) is 54.0 Å². The zero-order valence-electron chi connectivity index (χ0n) is 9.91. The summed E-state index contributed by atoms with van der Waals surface area (Å²) < 4.78 is 48.9. The highest BCUT2D eigenvalue weighted by atomic mass is 19.3. The van der Waals surface area contributed by atoms with Gasteiger partial charge in [0.1, 0.15) is 0 Å². The van der Waals surface area contributed by atoms with Gasteiger partial charge in [0, 0.05) is 13.1 Å². The molecule has 0 bridgehead atoms. The number of aliphatic carboxylic acids is 1. The maximum absolute atomic E-state index is 12.6. The first kappa shape index (κ1) is 15.5. The third kappa shape index (κ3) is 4.25. The summed E-state index contributed by atoms with van der Waals surface area (Å²) in [6, 6.07) is -0.885. The minimum atomic E-state index is -4.27. The normalized spacial score (nSPS) is 17.6. The highest BCUT2D eigenvalue weighted by molar-refractivity contribution is 5.75. The smallest absolute Gasteiger partial charge is 0.324 e. The Bertz CT molecular complexity index is 344. The Hall–Kier alpha value is -1.54. The van der Waals surface area contributed by atoms with E-state index in [2.05, 4.69) is 0 Å². The molecular formula is C10H14F4N2O3. The van der Waals surface area contributed by atoms with Crippen molar-refractivity contribution in [3.8, 4) is 0 Å². The van der Waals surface area contributed by atoms with Gasteiger partial charge in [-0.3, -0.25) is 4.79 Å². The van der Waals surface area contributed by atoms with Crippen LogP contribution < -0.4 is 5.32 Å². The summed E-state index contributed by atoms with van der Waals surface area (Å²) in [5.41, 5.74) is 0. The molecule has 0 saturated carbocycles. The second-order valence-electron chi connectivity index (χ2n) is 4.32. The number of hydrogen-bond donors (Lipinski definition) is 2. The number of likely N-dealkylation sites (tertiary alicyclic amines) is 1. The van der Waals surface area contributed by atoms with E-state index in [1.54, 1.807) is 5.32 Å². The van der Waals surface area contributed by atoms with Gasteiger partial charge < -0.3 is 15.3 Å². The summed E-state index contributed by atoms with van der Waals surface area (Å²) >= 11 is 0. The predicted molar refractivity (Wildman–Crippen MR) is 56.3 cm³/mol. The Kier molecular flexibility index (Phi) is 4.96. The average Bonchev–Trinajstić information content (AvgIpc) is 2.36. The van der Waals surface area contributed by atoms with Crippen molar-refractivity contribution in [3.63, 3.8) is 0 Å². The number of alkyl halides is 4. The van der Waals surface area contributed by atoms with E-state index in [-0.39, 0.29) is 25.9 Å². The van der Waals surface area contributed by atoms with Gasteiger partial charge in [0.25, 0.3) is 0 Å². The lowest BCUT2D eigenvalue weighted by molar-refractivity contribution is -0.143. The van der Waals surface area contributed by atoms with Crippen LogP contribution in [0.15, 0.2) is 0 Å². The first-order chi connectivity index (χ1) is 8.74. The molecule has 0 unspecified atom stereocenters. The molecule has 1 rings (SSSR count). The Morgan fingerprint density at radius 1 is 1.32 bits per heavy atom. The summed E-state index contributed by atoms with van der Waals surface area (Å²) in [5, 5.41) is 10.5. The molecule has 1 aliphatic rings. The molecule has 1 fully saturated rings. The standard InChI is InChI=1S/C10H14F4N2O3/c11-8(12)10(13,14)5-15-9(19)16-3-1-6(2-4-16)7(17)18/h6,8H,1-5H2,(H,15,19)(H,17,18). The number of hydrogen-bond acceptors (Lipinski definition) is 2. The highest BCUT2D eigenvalue weighted by Crippen LogP contribution is 2.22. The zero-order chi connectivity index (χ0) is 14.6. The van der Waals surface area contributed by atoms with E-state index in [9.17, 15) is 27.2 Å². The second-order valence-corrected chi connectivity index (χ2v) is 4.32. The van der Waals surface area contributed by atoms with Crippen molar-refractivity contribution < 1.29 is 32.3 Å². The third-order valence-corrected chi connectivity index (χ3v) is 2.93. The van der Waals surface area contributed by atoms with Crippen molar-refractivity contribution in [3.05, 3.63) is 0 Å². The molecule has 9 heteroatoms. The molecule has 1 saturated heterocycles. The van der Waals surface area contributed by atoms with Gasteiger partial charge in [0.15, 0.2) is 0 Å². The van der Waals surface area contributed by atoms with Gasteiger partial charge >= 0.3 is 24.3 Å². The zero-order valence-corrected chi connectivity index (χ0v) is 9.91. The molecule has 0 aromatic carbocycles. The average molecular weight is 286 g/mol. The van der Waals surface area contributed by atoms with E-state index < -0.39 is 36.8 Å². The molecule has 1 heterocycles. The molecule has 0 atom stereocenters. The van der Waals surface area contributed by atoms with Gasteiger partial charge in [0.05, 0.1) is 12.5 Å². The van der Waals surface area contributed by atoms with Crippen molar-refractivity contribution in [2.24, 2.45) is 5.92 Å². The number of rotatable bonds is 4. The number of carbonyl (C=O) groups excluding carboxylic acids is 1. The third-order valence-electron chi connectivity index (χ3n) is 2.93. The maximum Gasteiger partial charge on any atom is 0.324 e. The molecule has 0 aliphatic carbocycles. The number of carboxylic acids is 1. The van der Waals surface area contributed by atoms with E-state index >= 15 is 0 Å². The molecule has 1 aliphatic heterocycles. The molecule has 19 heavy (non-hydrogen) atoms. The van der Waals surface area contributed by atoms with E-state index in [0.717, 1.165) is 4.90 Å². The lowest BCUT2D eigenvalue weighted by atomic mass is 9.97. The van der Waals surface area contributed by atoms with Gasteiger partial charge in [-0.2, -0.15) is 8.78 Å². The van der Waals surface area contributed by atoms with Crippen molar-refractivity contribution in [1.29, 1.82) is 0 Å². The summed E-state index contributed by atoms with van der Waals surface area (Å²) in [6.45, 7) is -1.24. The van der Waals surface area contributed by atoms with Crippen LogP contribution in [0.1, 0.15) is 12.8 Å². The Morgan fingerprint density at radius 2 is 1.84 bits per heavy atom. The van der Waals surface area contributed by atoms with Gasteiger partial charge in [-0.05, 0) is 12.8 Å². The first-order valence-corrected chi connectivity index (χ1v) is 5.65. The Morgan fingerprint density at radius 3 is 2.26 bits per heavy atom. The molecule has 5 nitrogen and oxygen atoms in total. The quantitative estimate of drug-likeness (QED) is 0.767. The number of nitrogens with one attached hydrogen (secondary N) is 1. The lowest BCUT2D eigenvalue weighted by Gasteiger charge is -2.30. The number of amides is 2. The number of nitrogens with zero attached hydrogens (tertiary/aromatic N) is 1. The second kappa shape index (κ2) is 6.07. The molecule has 2 amide bonds. The minimum absolute atomic E-state index is 0.100. The SMILES string of the molecule is O=C(O)C1CCN(C(=O)NCC(F)(F)C(F)F)CC1. The van der Waals surface area contributed by atoms with Crippen LogP contribution in [0.25, 0.3) is 0 Å². The summed E-state index contributed by atoms with van der Waals surface area (Å²) in [7, 11) is 0. The van der Waals surface area contributed by atoms with Crippen molar-refractivity contribution in [1.82, 2.24) is 10.2 Å². The number of carboxylic acid groups (broad SMARTS) is 1. The topological polar surface area (TPSA) is 69.6 Å². The number of carbonyl (C=O) groups is 2. The molecule has 0 radical (unpaired) electrons. The highest BCUT2D eigenvalue weighted by Gasteiger charge is 2.41. The van der Waals surface area contributed by atoms with E-state index in [4.69, 9.17) is 5.11 Å². The molecule has 110 valence electrons. The minimum Gasteiger partial charge on any atom is -0.481 e.